The largest absolute Gasteiger partial charge is 0.295 e. The van der Waals surface area contributed by atoms with Crippen molar-refractivity contribution < 1.29 is 4.39 Å². The molecule has 2 aromatic carbocycles. The van der Waals surface area contributed by atoms with E-state index in [1.807, 2.05) is 35.8 Å². The number of aromatic nitrogens is 2. The molecular formula is C16H14ClFN2. The average molecular weight is 289 g/mol. The van der Waals surface area contributed by atoms with Gasteiger partial charge in [0.25, 0.3) is 0 Å². The molecule has 0 unspecified atom stereocenters. The first-order chi connectivity index (χ1) is 9.61. The van der Waals surface area contributed by atoms with Gasteiger partial charge in [0.05, 0.1) is 16.9 Å². The third-order valence-corrected chi connectivity index (χ3v) is 3.71. The van der Waals surface area contributed by atoms with Crippen molar-refractivity contribution in [2.24, 2.45) is 0 Å². The van der Waals surface area contributed by atoms with Crippen LogP contribution >= 0.6 is 11.6 Å². The summed E-state index contributed by atoms with van der Waals surface area (Å²) in [6.45, 7) is 3.77. The Labute approximate surface area is 121 Å². The topological polar surface area (TPSA) is 17.8 Å². The molecular weight excluding hydrogens is 275 g/mol. The molecule has 4 heteroatoms. The number of rotatable bonds is 2. The predicted octanol–water partition coefficient (Wildman–Crippen LogP) is 4.52. The van der Waals surface area contributed by atoms with Crippen LogP contribution in [0.1, 0.15) is 17.0 Å². The highest BCUT2D eigenvalue weighted by molar-refractivity contribution is 6.17. The molecule has 2 nitrogen and oxygen atoms in total. The lowest BCUT2D eigenvalue weighted by Gasteiger charge is -2.09. The van der Waals surface area contributed by atoms with Crippen LogP contribution in [0.2, 0.25) is 0 Å². The van der Waals surface area contributed by atoms with E-state index in [0.717, 1.165) is 28.1 Å². The number of alkyl halides is 1. The van der Waals surface area contributed by atoms with Crippen LogP contribution in [0.15, 0.2) is 36.4 Å². The van der Waals surface area contributed by atoms with Crippen molar-refractivity contribution in [2.75, 3.05) is 0 Å². The fourth-order valence-electron chi connectivity index (χ4n) is 2.43. The third-order valence-electron chi connectivity index (χ3n) is 3.48. The van der Waals surface area contributed by atoms with Crippen LogP contribution in [0.4, 0.5) is 4.39 Å². The van der Waals surface area contributed by atoms with Gasteiger partial charge < -0.3 is 0 Å². The first-order valence-corrected chi connectivity index (χ1v) is 6.94. The molecule has 0 amide bonds. The van der Waals surface area contributed by atoms with Crippen LogP contribution in [0.3, 0.4) is 0 Å². The van der Waals surface area contributed by atoms with Crippen molar-refractivity contribution in [1.82, 2.24) is 9.55 Å². The van der Waals surface area contributed by atoms with E-state index in [0.29, 0.717) is 11.4 Å². The molecule has 0 radical (unpaired) electrons. The summed E-state index contributed by atoms with van der Waals surface area (Å²) in [5.41, 5.74) is 4.52. The fraction of sp³-hybridized carbons (Fsp3) is 0.188. The van der Waals surface area contributed by atoms with Gasteiger partial charge in [-0.3, -0.25) is 4.57 Å². The maximum absolute atomic E-state index is 13.4. The number of aryl methyl sites for hydroxylation is 2. The summed E-state index contributed by atoms with van der Waals surface area (Å²) >= 11 is 6.02. The SMILES string of the molecule is Cc1cc(-n2c(CCl)nc3c(C)cccc32)ccc1F. The van der Waals surface area contributed by atoms with Crippen LogP contribution in [-0.4, -0.2) is 9.55 Å². The Hall–Kier alpha value is -1.87. The molecule has 0 aliphatic heterocycles. The van der Waals surface area contributed by atoms with Crippen molar-refractivity contribution in [2.45, 2.75) is 19.7 Å². The number of imidazole rings is 1. The minimum atomic E-state index is -0.207. The molecule has 0 fully saturated rings. The molecule has 0 atom stereocenters. The Bertz CT molecular complexity index is 793. The van der Waals surface area contributed by atoms with Gasteiger partial charge in [-0.25, -0.2) is 9.37 Å². The van der Waals surface area contributed by atoms with Gasteiger partial charge in [-0.1, -0.05) is 12.1 Å². The van der Waals surface area contributed by atoms with E-state index in [2.05, 4.69) is 4.98 Å². The van der Waals surface area contributed by atoms with Gasteiger partial charge in [-0.05, 0) is 49.2 Å². The number of hydrogen-bond donors (Lipinski definition) is 0. The summed E-state index contributed by atoms with van der Waals surface area (Å²) < 4.78 is 15.4. The molecule has 3 aromatic rings. The Morgan fingerprint density at radius 3 is 2.65 bits per heavy atom. The first kappa shape index (κ1) is 13.1. The third kappa shape index (κ3) is 1.98. The highest BCUT2D eigenvalue weighted by atomic mass is 35.5. The molecule has 0 aliphatic rings. The van der Waals surface area contributed by atoms with Crippen LogP contribution in [-0.2, 0) is 5.88 Å². The van der Waals surface area contributed by atoms with Crippen LogP contribution in [0.25, 0.3) is 16.7 Å². The van der Waals surface area contributed by atoms with Crippen molar-refractivity contribution >= 4 is 22.6 Å². The highest BCUT2D eigenvalue weighted by Gasteiger charge is 2.13. The maximum Gasteiger partial charge on any atom is 0.129 e. The van der Waals surface area contributed by atoms with Crippen molar-refractivity contribution in [3.63, 3.8) is 0 Å². The number of hydrogen-bond acceptors (Lipinski definition) is 1. The van der Waals surface area contributed by atoms with E-state index in [9.17, 15) is 4.39 Å². The summed E-state index contributed by atoms with van der Waals surface area (Å²) in [7, 11) is 0. The fourth-order valence-corrected chi connectivity index (χ4v) is 2.61. The summed E-state index contributed by atoms with van der Waals surface area (Å²) in [6.07, 6.45) is 0. The van der Waals surface area contributed by atoms with E-state index in [1.165, 1.54) is 6.07 Å². The van der Waals surface area contributed by atoms with Crippen molar-refractivity contribution in [3.8, 4) is 5.69 Å². The number of halogens is 2. The van der Waals surface area contributed by atoms with E-state index in [1.54, 1.807) is 13.0 Å². The molecule has 1 heterocycles. The number of nitrogens with zero attached hydrogens (tertiary/aromatic N) is 2. The Kier molecular flexibility index (Phi) is 3.22. The molecule has 20 heavy (non-hydrogen) atoms. The Morgan fingerprint density at radius 2 is 1.95 bits per heavy atom. The van der Waals surface area contributed by atoms with Gasteiger partial charge in [0.2, 0.25) is 0 Å². The van der Waals surface area contributed by atoms with Crippen LogP contribution < -0.4 is 0 Å². The van der Waals surface area contributed by atoms with E-state index in [4.69, 9.17) is 11.6 Å². The second kappa shape index (κ2) is 4.91. The maximum atomic E-state index is 13.4. The molecule has 0 N–H and O–H groups in total. The minimum absolute atomic E-state index is 0.207. The zero-order chi connectivity index (χ0) is 14.3. The molecule has 0 aliphatic carbocycles. The highest BCUT2D eigenvalue weighted by Crippen LogP contribution is 2.25. The zero-order valence-corrected chi connectivity index (χ0v) is 12.1. The summed E-state index contributed by atoms with van der Waals surface area (Å²) in [5.74, 6) is 0.869. The van der Waals surface area contributed by atoms with Crippen molar-refractivity contribution in [3.05, 3.63) is 59.2 Å². The number of fused-ring (bicyclic) bond motifs is 1. The number of benzene rings is 2. The lowest BCUT2D eigenvalue weighted by molar-refractivity contribution is 0.618. The van der Waals surface area contributed by atoms with Gasteiger partial charge in [-0.15, -0.1) is 11.6 Å². The molecule has 1 aromatic heterocycles. The Balaban J connectivity index is 2.34. The van der Waals surface area contributed by atoms with Gasteiger partial charge in [0.15, 0.2) is 0 Å². The Morgan fingerprint density at radius 1 is 1.15 bits per heavy atom. The molecule has 3 rings (SSSR count). The molecule has 0 bridgehead atoms. The lowest BCUT2D eigenvalue weighted by atomic mass is 10.2. The smallest absolute Gasteiger partial charge is 0.129 e. The zero-order valence-electron chi connectivity index (χ0n) is 11.3. The normalized spacial score (nSPS) is 11.2. The summed E-state index contributed by atoms with van der Waals surface area (Å²) in [4.78, 5) is 4.60. The molecule has 0 spiro atoms. The van der Waals surface area contributed by atoms with Gasteiger partial charge >= 0.3 is 0 Å². The first-order valence-electron chi connectivity index (χ1n) is 6.41. The molecule has 0 saturated heterocycles. The summed E-state index contributed by atoms with van der Waals surface area (Å²) in [6, 6.07) is 11.1. The lowest BCUT2D eigenvalue weighted by Crippen LogP contribution is -2.00. The van der Waals surface area contributed by atoms with E-state index in [-0.39, 0.29) is 5.82 Å². The van der Waals surface area contributed by atoms with E-state index >= 15 is 0 Å². The second-order valence-corrected chi connectivity index (χ2v) is 5.14. The summed E-state index contributed by atoms with van der Waals surface area (Å²) in [5, 5.41) is 0. The van der Waals surface area contributed by atoms with Crippen LogP contribution in [0.5, 0.6) is 0 Å². The molecule has 102 valence electrons. The number of para-hydroxylation sites is 1. The van der Waals surface area contributed by atoms with Crippen molar-refractivity contribution in [1.29, 1.82) is 0 Å². The monoisotopic (exact) mass is 288 g/mol. The minimum Gasteiger partial charge on any atom is -0.295 e. The van der Waals surface area contributed by atoms with Crippen LogP contribution in [0, 0.1) is 19.7 Å². The van der Waals surface area contributed by atoms with E-state index < -0.39 is 0 Å². The standard InChI is InChI=1S/C16H14ClFN2/c1-10-4-3-5-14-16(10)19-15(9-17)20(14)12-6-7-13(18)11(2)8-12/h3-8H,9H2,1-2H3. The predicted molar refractivity (Wildman–Crippen MR) is 80.1 cm³/mol. The van der Waals surface area contributed by atoms with Gasteiger partial charge in [-0.2, -0.15) is 0 Å². The second-order valence-electron chi connectivity index (χ2n) is 4.87. The quantitative estimate of drug-likeness (QED) is 0.634. The van der Waals surface area contributed by atoms with Gasteiger partial charge in [0, 0.05) is 5.69 Å². The average Bonchev–Trinajstić information content (AvgIpc) is 2.82. The van der Waals surface area contributed by atoms with Gasteiger partial charge in [0.1, 0.15) is 11.6 Å². The molecule has 0 saturated carbocycles.